The van der Waals surface area contributed by atoms with Crippen LogP contribution in [0.5, 0.6) is 0 Å². The molecule has 2 aliphatic rings. The van der Waals surface area contributed by atoms with E-state index in [1.807, 2.05) is 6.07 Å². The van der Waals surface area contributed by atoms with Crippen molar-refractivity contribution < 1.29 is 14.4 Å². The molecule has 1 unspecified atom stereocenters. The average molecular weight is 445 g/mol. The fourth-order valence-electron chi connectivity index (χ4n) is 4.71. The maximum atomic E-state index is 12.4. The van der Waals surface area contributed by atoms with Crippen LogP contribution in [0.2, 0.25) is 0 Å². The van der Waals surface area contributed by atoms with E-state index in [9.17, 15) is 14.4 Å². The van der Waals surface area contributed by atoms with Gasteiger partial charge in [0, 0.05) is 38.1 Å². The highest BCUT2D eigenvalue weighted by molar-refractivity contribution is 5.83. The van der Waals surface area contributed by atoms with Gasteiger partial charge in [0.2, 0.25) is 18.2 Å². The summed E-state index contributed by atoms with van der Waals surface area (Å²) in [6.45, 7) is 8.35. The number of benzene rings is 1. The van der Waals surface area contributed by atoms with Crippen molar-refractivity contribution in [3.05, 3.63) is 35.9 Å². The first-order valence-corrected chi connectivity index (χ1v) is 12.1. The van der Waals surface area contributed by atoms with Gasteiger partial charge in [0.25, 0.3) is 0 Å². The van der Waals surface area contributed by atoms with Crippen LogP contribution in [-0.4, -0.2) is 60.2 Å². The molecular weight excluding hydrogens is 404 g/mol. The molecule has 2 fully saturated rings. The zero-order valence-corrected chi connectivity index (χ0v) is 19.7. The zero-order valence-electron chi connectivity index (χ0n) is 19.7. The number of hydrogen-bond donors (Lipinski definition) is 2. The third-order valence-electron chi connectivity index (χ3n) is 6.70. The molecule has 32 heavy (non-hydrogen) atoms. The molecule has 0 radical (unpaired) electrons. The van der Waals surface area contributed by atoms with Crippen LogP contribution in [0, 0.1) is 5.92 Å². The summed E-state index contributed by atoms with van der Waals surface area (Å²) >= 11 is 0. The maximum absolute atomic E-state index is 12.4. The lowest BCUT2D eigenvalue weighted by Crippen LogP contribution is -2.53. The Hall–Kier alpha value is -2.41. The van der Waals surface area contributed by atoms with Gasteiger partial charge >= 0.3 is 0 Å². The predicted molar refractivity (Wildman–Crippen MR) is 127 cm³/mol. The molecule has 1 aliphatic heterocycles. The molecule has 1 saturated heterocycles. The third-order valence-corrected chi connectivity index (χ3v) is 6.70. The Kier molecular flexibility index (Phi) is 11.2. The van der Waals surface area contributed by atoms with Crippen LogP contribution >= 0.6 is 0 Å². The Labute approximate surface area is 192 Å². The summed E-state index contributed by atoms with van der Waals surface area (Å²) < 4.78 is 0. The summed E-state index contributed by atoms with van der Waals surface area (Å²) in [5.41, 5.74) is 5.78. The lowest BCUT2D eigenvalue weighted by atomic mass is 9.93. The SMILES string of the molecule is CCC(CC)C(=O)N1CCN(C2CCCCC2)CC1.NC(=O)C(NC=O)c1ccccc1. The minimum absolute atomic E-state index is 0.251. The number of nitrogens with one attached hydrogen (secondary N) is 1. The molecule has 1 aromatic carbocycles. The first-order chi connectivity index (χ1) is 15.5. The lowest BCUT2D eigenvalue weighted by Gasteiger charge is -2.41. The number of piperazine rings is 1. The summed E-state index contributed by atoms with van der Waals surface area (Å²) in [5, 5.41) is 2.34. The molecule has 0 spiro atoms. The minimum Gasteiger partial charge on any atom is -0.368 e. The van der Waals surface area contributed by atoms with Gasteiger partial charge in [0.05, 0.1) is 0 Å². The number of nitrogens with zero attached hydrogens (tertiary/aromatic N) is 2. The topological polar surface area (TPSA) is 95.7 Å². The zero-order chi connectivity index (χ0) is 23.3. The van der Waals surface area contributed by atoms with Crippen LogP contribution < -0.4 is 11.1 Å². The van der Waals surface area contributed by atoms with E-state index >= 15 is 0 Å². The van der Waals surface area contributed by atoms with Gasteiger partial charge in [0.1, 0.15) is 6.04 Å². The molecular formula is C25H40N4O3. The highest BCUT2D eigenvalue weighted by Crippen LogP contribution is 2.24. The van der Waals surface area contributed by atoms with Crippen molar-refractivity contribution in [2.24, 2.45) is 11.7 Å². The van der Waals surface area contributed by atoms with Crippen LogP contribution in [0.15, 0.2) is 30.3 Å². The fraction of sp³-hybridized carbons (Fsp3) is 0.640. The Morgan fingerprint density at radius 1 is 1.03 bits per heavy atom. The first-order valence-electron chi connectivity index (χ1n) is 12.1. The second kappa shape index (κ2) is 13.9. The number of amides is 3. The van der Waals surface area contributed by atoms with Crippen LogP contribution in [-0.2, 0) is 14.4 Å². The quantitative estimate of drug-likeness (QED) is 0.603. The molecule has 3 amide bonds. The summed E-state index contributed by atoms with van der Waals surface area (Å²) in [6.07, 6.45) is 9.40. The van der Waals surface area contributed by atoms with Gasteiger partial charge in [-0.05, 0) is 31.2 Å². The van der Waals surface area contributed by atoms with Gasteiger partial charge in [-0.2, -0.15) is 0 Å². The minimum atomic E-state index is -0.737. The van der Waals surface area contributed by atoms with E-state index in [2.05, 4.69) is 29.0 Å². The lowest BCUT2D eigenvalue weighted by molar-refractivity contribution is -0.138. The van der Waals surface area contributed by atoms with Crippen molar-refractivity contribution in [3.8, 4) is 0 Å². The van der Waals surface area contributed by atoms with Crippen molar-refractivity contribution in [2.45, 2.75) is 70.9 Å². The summed E-state index contributed by atoms with van der Waals surface area (Å²) in [5.74, 6) is 0.0767. The predicted octanol–water partition coefficient (Wildman–Crippen LogP) is 2.86. The van der Waals surface area contributed by atoms with E-state index < -0.39 is 11.9 Å². The Morgan fingerprint density at radius 2 is 1.62 bits per heavy atom. The first kappa shape index (κ1) is 25.8. The molecule has 1 heterocycles. The van der Waals surface area contributed by atoms with Crippen LogP contribution in [0.1, 0.15) is 70.4 Å². The smallest absolute Gasteiger partial charge is 0.244 e. The van der Waals surface area contributed by atoms with Gasteiger partial charge in [-0.25, -0.2) is 0 Å². The van der Waals surface area contributed by atoms with E-state index in [-0.39, 0.29) is 5.92 Å². The number of nitrogens with two attached hydrogens (primary N) is 1. The summed E-state index contributed by atoms with van der Waals surface area (Å²) in [7, 11) is 0. The maximum Gasteiger partial charge on any atom is 0.244 e. The molecule has 0 bridgehead atoms. The van der Waals surface area contributed by atoms with Crippen molar-refractivity contribution in [1.29, 1.82) is 0 Å². The second-order valence-corrected chi connectivity index (χ2v) is 8.70. The molecule has 0 aromatic heterocycles. The highest BCUT2D eigenvalue weighted by atomic mass is 16.2. The molecule has 7 nitrogen and oxygen atoms in total. The highest BCUT2D eigenvalue weighted by Gasteiger charge is 2.29. The number of rotatable bonds is 8. The van der Waals surface area contributed by atoms with Crippen molar-refractivity contribution in [3.63, 3.8) is 0 Å². The molecule has 3 rings (SSSR count). The van der Waals surface area contributed by atoms with Crippen molar-refractivity contribution in [2.75, 3.05) is 26.2 Å². The van der Waals surface area contributed by atoms with Gasteiger partial charge in [0.15, 0.2) is 0 Å². The Bertz CT molecular complexity index is 694. The van der Waals surface area contributed by atoms with E-state index in [1.165, 1.54) is 32.1 Å². The van der Waals surface area contributed by atoms with E-state index in [0.717, 1.165) is 45.1 Å². The molecule has 3 N–H and O–H groups in total. The standard InChI is InChI=1S/C16H30N2O.C9H10N2O2/c1-3-14(4-2)16(19)18-12-10-17(11-13-18)15-8-6-5-7-9-15;10-9(13)8(11-6-12)7-4-2-1-3-5-7/h14-15H,3-13H2,1-2H3;1-6,8H,(H2,10,13)(H,11,12). The summed E-state index contributed by atoms with van der Waals surface area (Å²) in [6, 6.07) is 8.90. The molecule has 178 valence electrons. The third kappa shape index (κ3) is 7.62. The largest absolute Gasteiger partial charge is 0.368 e. The average Bonchev–Trinajstić information content (AvgIpc) is 2.84. The molecule has 1 saturated carbocycles. The van der Waals surface area contributed by atoms with Crippen molar-refractivity contribution in [1.82, 2.24) is 15.1 Å². The fourth-order valence-corrected chi connectivity index (χ4v) is 4.71. The molecule has 1 atom stereocenters. The summed E-state index contributed by atoms with van der Waals surface area (Å²) in [4.78, 5) is 38.2. The Morgan fingerprint density at radius 3 is 2.12 bits per heavy atom. The number of carbonyl (C=O) groups is 3. The van der Waals surface area contributed by atoms with E-state index in [4.69, 9.17) is 5.73 Å². The van der Waals surface area contributed by atoms with Gasteiger partial charge < -0.3 is 16.0 Å². The number of carbonyl (C=O) groups excluding carboxylic acids is 3. The molecule has 7 heteroatoms. The normalized spacial score (nSPS) is 18.4. The van der Waals surface area contributed by atoms with Gasteiger partial charge in [-0.1, -0.05) is 63.4 Å². The number of hydrogen-bond acceptors (Lipinski definition) is 4. The van der Waals surface area contributed by atoms with E-state index in [0.29, 0.717) is 17.9 Å². The van der Waals surface area contributed by atoms with Crippen LogP contribution in [0.25, 0.3) is 0 Å². The molecule has 1 aliphatic carbocycles. The van der Waals surface area contributed by atoms with E-state index in [1.54, 1.807) is 24.3 Å². The monoisotopic (exact) mass is 444 g/mol. The van der Waals surface area contributed by atoms with Gasteiger partial charge in [-0.3, -0.25) is 19.3 Å². The van der Waals surface area contributed by atoms with Crippen molar-refractivity contribution >= 4 is 18.2 Å². The van der Waals surface area contributed by atoms with Crippen LogP contribution in [0.3, 0.4) is 0 Å². The van der Waals surface area contributed by atoms with Gasteiger partial charge in [-0.15, -0.1) is 0 Å². The molecule has 1 aromatic rings. The van der Waals surface area contributed by atoms with Crippen LogP contribution in [0.4, 0.5) is 0 Å². The number of primary amides is 1. The Balaban J connectivity index is 0.000000244. The second-order valence-electron chi connectivity index (χ2n) is 8.70.